The number of likely N-dealkylation sites (tertiary alicyclic amines) is 1. The third-order valence-electron chi connectivity index (χ3n) is 4.29. The van der Waals surface area contributed by atoms with Crippen LogP contribution in [0.2, 0.25) is 0 Å². The molecular formula is C18H26N2O6. The quantitative estimate of drug-likeness (QED) is 0.688. The van der Waals surface area contributed by atoms with Gasteiger partial charge in [-0.2, -0.15) is 0 Å². The Hall–Kier alpha value is -2.51. The van der Waals surface area contributed by atoms with Crippen LogP contribution in [0.3, 0.4) is 0 Å². The van der Waals surface area contributed by atoms with Crippen LogP contribution in [-0.4, -0.2) is 66.7 Å². The molecule has 0 spiro atoms. The number of carbonyl (C=O) groups is 3. The first-order valence-corrected chi connectivity index (χ1v) is 8.98. The zero-order valence-electron chi connectivity index (χ0n) is 15.3. The van der Waals surface area contributed by atoms with Crippen molar-refractivity contribution in [3.05, 3.63) is 24.2 Å². The van der Waals surface area contributed by atoms with E-state index in [4.69, 9.17) is 13.9 Å². The normalized spacial score (nSPS) is 14.8. The number of nitrogens with zero attached hydrogens (tertiary/aromatic N) is 2. The summed E-state index contributed by atoms with van der Waals surface area (Å²) in [4.78, 5) is 39.6. The molecule has 2 rings (SSSR count). The minimum atomic E-state index is -0.339. The summed E-state index contributed by atoms with van der Waals surface area (Å²) >= 11 is 0. The SMILES string of the molecule is CCOC(=O)CCN(C(=O)c1ccco1)C1CCN(C(=O)OCC)CC1. The van der Waals surface area contributed by atoms with E-state index in [0.29, 0.717) is 39.1 Å². The van der Waals surface area contributed by atoms with Crippen molar-refractivity contribution in [1.82, 2.24) is 9.80 Å². The fourth-order valence-corrected chi connectivity index (χ4v) is 3.01. The Morgan fingerprint density at radius 3 is 2.46 bits per heavy atom. The van der Waals surface area contributed by atoms with Crippen LogP contribution in [0, 0.1) is 0 Å². The molecule has 26 heavy (non-hydrogen) atoms. The molecular weight excluding hydrogens is 340 g/mol. The first-order chi connectivity index (χ1) is 12.6. The van der Waals surface area contributed by atoms with E-state index in [-0.39, 0.29) is 42.7 Å². The van der Waals surface area contributed by atoms with Gasteiger partial charge < -0.3 is 23.7 Å². The highest BCUT2D eigenvalue weighted by Gasteiger charge is 2.31. The first-order valence-electron chi connectivity index (χ1n) is 8.98. The molecule has 0 radical (unpaired) electrons. The molecule has 1 aliphatic heterocycles. The van der Waals surface area contributed by atoms with Crippen molar-refractivity contribution in [2.45, 2.75) is 39.2 Å². The van der Waals surface area contributed by atoms with Crippen molar-refractivity contribution in [2.24, 2.45) is 0 Å². The molecule has 1 aromatic rings. The van der Waals surface area contributed by atoms with E-state index >= 15 is 0 Å². The Bertz CT molecular complexity index is 593. The molecule has 0 N–H and O–H groups in total. The number of piperidine rings is 1. The lowest BCUT2D eigenvalue weighted by molar-refractivity contribution is -0.143. The van der Waals surface area contributed by atoms with Crippen LogP contribution >= 0.6 is 0 Å². The Kier molecular flexibility index (Phi) is 7.50. The van der Waals surface area contributed by atoms with Crippen LogP contribution < -0.4 is 0 Å². The van der Waals surface area contributed by atoms with Gasteiger partial charge in [-0.15, -0.1) is 0 Å². The fourth-order valence-electron chi connectivity index (χ4n) is 3.01. The highest BCUT2D eigenvalue weighted by Crippen LogP contribution is 2.20. The van der Waals surface area contributed by atoms with Crippen LogP contribution in [0.5, 0.6) is 0 Å². The van der Waals surface area contributed by atoms with Crippen molar-refractivity contribution in [1.29, 1.82) is 0 Å². The monoisotopic (exact) mass is 366 g/mol. The molecule has 0 atom stereocenters. The third-order valence-corrected chi connectivity index (χ3v) is 4.29. The number of hydrogen-bond donors (Lipinski definition) is 0. The largest absolute Gasteiger partial charge is 0.466 e. The second-order valence-corrected chi connectivity index (χ2v) is 5.95. The Morgan fingerprint density at radius 1 is 1.19 bits per heavy atom. The highest BCUT2D eigenvalue weighted by atomic mass is 16.6. The van der Waals surface area contributed by atoms with Crippen LogP contribution in [0.1, 0.15) is 43.7 Å². The van der Waals surface area contributed by atoms with Gasteiger partial charge in [-0.25, -0.2) is 4.79 Å². The maximum absolute atomic E-state index is 12.8. The topological polar surface area (TPSA) is 89.3 Å². The predicted molar refractivity (Wildman–Crippen MR) is 92.6 cm³/mol. The smallest absolute Gasteiger partial charge is 0.409 e. The van der Waals surface area contributed by atoms with E-state index in [1.54, 1.807) is 35.8 Å². The summed E-state index contributed by atoms with van der Waals surface area (Å²) in [6.07, 6.45) is 2.47. The zero-order chi connectivity index (χ0) is 18.9. The van der Waals surface area contributed by atoms with E-state index in [9.17, 15) is 14.4 Å². The molecule has 2 heterocycles. The summed E-state index contributed by atoms with van der Waals surface area (Å²) in [5, 5.41) is 0. The Morgan fingerprint density at radius 2 is 1.88 bits per heavy atom. The zero-order valence-corrected chi connectivity index (χ0v) is 15.3. The van der Waals surface area contributed by atoms with Gasteiger partial charge in [0.05, 0.1) is 25.9 Å². The maximum Gasteiger partial charge on any atom is 0.409 e. The molecule has 0 unspecified atom stereocenters. The number of rotatable bonds is 7. The summed E-state index contributed by atoms with van der Waals surface area (Å²) in [6, 6.07) is 3.18. The number of hydrogen-bond acceptors (Lipinski definition) is 6. The maximum atomic E-state index is 12.8. The Labute approximate surface area is 153 Å². The van der Waals surface area contributed by atoms with E-state index in [0.717, 1.165) is 0 Å². The lowest BCUT2D eigenvalue weighted by Crippen LogP contribution is -2.49. The van der Waals surface area contributed by atoms with Gasteiger partial charge in [0.2, 0.25) is 0 Å². The average molecular weight is 366 g/mol. The molecule has 1 saturated heterocycles. The molecule has 0 aliphatic carbocycles. The van der Waals surface area contributed by atoms with Gasteiger partial charge in [0.25, 0.3) is 5.91 Å². The van der Waals surface area contributed by atoms with Crippen LogP contribution in [0.15, 0.2) is 22.8 Å². The van der Waals surface area contributed by atoms with E-state index in [1.165, 1.54) is 6.26 Å². The van der Waals surface area contributed by atoms with E-state index < -0.39 is 0 Å². The minimum absolute atomic E-state index is 0.0762. The number of esters is 1. The molecule has 1 aromatic heterocycles. The minimum Gasteiger partial charge on any atom is -0.466 e. The van der Waals surface area contributed by atoms with Crippen LogP contribution in [0.25, 0.3) is 0 Å². The average Bonchev–Trinajstić information content (AvgIpc) is 3.17. The molecule has 1 fully saturated rings. The highest BCUT2D eigenvalue weighted by molar-refractivity contribution is 5.92. The molecule has 8 heteroatoms. The van der Waals surface area contributed by atoms with Gasteiger partial charge in [-0.1, -0.05) is 0 Å². The summed E-state index contributed by atoms with van der Waals surface area (Å²) in [6.45, 7) is 5.42. The van der Waals surface area contributed by atoms with E-state index in [1.807, 2.05) is 0 Å². The second-order valence-electron chi connectivity index (χ2n) is 5.95. The number of amides is 2. The lowest BCUT2D eigenvalue weighted by atomic mass is 10.0. The van der Waals surface area contributed by atoms with Gasteiger partial charge >= 0.3 is 12.1 Å². The van der Waals surface area contributed by atoms with E-state index in [2.05, 4.69) is 0 Å². The van der Waals surface area contributed by atoms with Crippen molar-refractivity contribution < 1.29 is 28.3 Å². The molecule has 1 aliphatic rings. The summed E-state index contributed by atoms with van der Waals surface area (Å²) in [5.74, 6) is -0.357. The molecule has 2 amide bonds. The fraction of sp³-hybridized carbons (Fsp3) is 0.611. The second kappa shape index (κ2) is 9.84. The number of ether oxygens (including phenoxy) is 2. The van der Waals surface area contributed by atoms with Crippen molar-refractivity contribution >= 4 is 18.0 Å². The van der Waals surface area contributed by atoms with Crippen molar-refractivity contribution in [3.63, 3.8) is 0 Å². The molecule has 144 valence electrons. The molecule has 8 nitrogen and oxygen atoms in total. The first kappa shape index (κ1) is 19.8. The Balaban J connectivity index is 2.01. The summed E-state index contributed by atoms with van der Waals surface area (Å²) < 4.78 is 15.2. The van der Waals surface area contributed by atoms with Crippen molar-refractivity contribution in [2.75, 3.05) is 32.8 Å². The lowest BCUT2D eigenvalue weighted by Gasteiger charge is -2.37. The van der Waals surface area contributed by atoms with Crippen LogP contribution in [-0.2, 0) is 14.3 Å². The van der Waals surface area contributed by atoms with Gasteiger partial charge in [-0.3, -0.25) is 9.59 Å². The number of carbonyl (C=O) groups excluding carboxylic acids is 3. The summed E-state index contributed by atoms with van der Waals surface area (Å²) in [5.41, 5.74) is 0. The van der Waals surface area contributed by atoms with Gasteiger partial charge in [0.15, 0.2) is 5.76 Å². The predicted octanol–water partition coefficient (Wildman–Crippen LogP) is 2.30. The standard InChI is InChI=1S/C18H26N2O6/c1-3-24-16(21)9-12-20(17(22)15-6-5-13-26-15)14-7-10-19(11-8-14)18(23)25-4-2/h5-6,13-14H,3-4,7-12H2,1-2H3. The number of furan rings is 1. The van der Waals surface area contributed by atoms with Crippen LogP contribution in [0.4, 0.5) is 4.79 Å². The summed E-state index contributed by atoms with van der Waals surface area (Å²) in [7, 11) is 0. The van der Waals surface area contributed by atoms with Gasteiger partial charge in [0, 0.05) is 25.7 Å². The third kappa shape index (κ3) is 5.24. The molecule has 0 saturated carbocycles. The molecule has 0 aromatic carbocycles. The molecule has 0 bridgehead atoms. The van der Waals surface area contributed by atoms with Gasteiger partial charge in [0.1, 0.15) is 0 Å². The van der Waals surface area contributed by atoms with Crippen molar-refractivity contribution in [3.8, 4) is 0 Å². The van der Waals surface area contributed by atoms with Gasteiger partial charge in [-0.05, 0) is 38.8 Å².